The Bertz CT molecular complexity index is 676. The van der Waals surface area contributed by atoms with E-state index in [-0.39, 0.29) is 0 Å². The van der Waals surface area contributed by atoms with Crippen molar-refractivity contribution in [3.05, 3.63) is 81.9 Å². The van der Waals surface area contributed by atoms with Gasteiger partial charge in [0.1, 0.15) is 0 Å². The van der Waals surface area contributed by atoms with Crippen LogP contribution in [0.4, 0.5) is 0 Å². The van der Waals surface area contributed by atoms with E-state index in [0.29, 0.717) is 28.6 Å². The molecule has 0 bridgehead atoms. The van der Waals surface area contributed by atoms with E-state index in [4.69, 9.17) is 28.4 Å². The van der Waals surface area contributed by atoms with Crippen LogP contribution in [0.5, 0.6) is 0 Å². The third kappa shape index (κ3) is 5.59. The zero-order valence-electron chi connectivity index (χ0n) is 12.5. The van der Waals surface area contributed by atoms with E-state index in [0.717, 1.165) is 11.1 Å². The molecule has 4 heteroatoms. The Morgan fingerprint density at radius 2 is 1.26 bits per heavy atom. The summed E-state index contributed by atoms with van der Waals surface area (Å²) in [6, 6.07) is 15.2. The molecule has 2 nitrogen and oxygen atoms in total. The number of benzene rings is 2. The molecule has 0 aromatic heterocycles. The van der Waals surface area contributed by atoms with Gasteiger partial charge in [-0.15, -0.1) is 0 Å². The van der Waals surface area contributed by atoms with Crippen molar-refractivity contribution in [1.82, 2.24) is 0 Å². The Balaban J connectivity index is 1.91. The number of halogens is 2. The van der Waals surface area contributed by atoms with Gasteiger partial charge < -0.3 is 5.21 Å². The molecular formula is C19H17Cl2NO. The summed E-state index contributed by atoms with van der Waals surface area (Å²) in [5.74, 6) is 0. The number of rotatable bonds is 6. The molecule has 0 unspecified atom stereocenters. The van der Waals surface area contributed by atoms with Crippen molar-refractivity contribution in [2.45, 2.75) is 12.8 Å². The van der Waals surface area contributed by atoms with Gasteiger partial charge >= 0.3 is 0 Å². The van der Waals surface area contributed by atoms with Crippen LogP contribution in [0.2, 0.25) is 10.0 Å². The summed E-state index contributed by atoms with van der Waals surface area (Å²) in [4.78, 5) is 0. The Morgan fingerprint density at radius 1 is 0.826 bits per heavy atom. The van der Waals surface area contributed by atoms with Crippen molar-refractivity contribution in [3.8, 4) is 0 Å². The van der Waals surface area contributed by atoms with Gasteiger partial charge in [0.2, 0.25) is 0 Å². The Kier molecular flexibility index (Phi) is 6.92. The molecule has 0 aliphatic rings. The molecule has 0 fully saturated rings. The van der Waals surface area contributed by atoms with Crippen molar-refractivity contribution < 1.29 is 5.21 Å². The van der Waals surface area contributed by atoms with Crippen molar-refractivity contribution in [3.63, 3.8) is 0 Å². The second kappa shape index (κ2) is 9.19. The van der Waals surface area contributed by atoms with Crippen LogP contribution in [0.3, 0.4) is 0 Å². The molecule has 23 heavy (non-hydrogen) atoms. The molecule has 0 saturated heterocycles. The monoisotopic (exact) mass is 345 g/mol. The minimum Gasteiger partial charge on any atom is -0.411 e. The first-order valence-corrected chi connectivity index (χ1v) is 7.98. The number of hydrogen-bond donors (Lipinski definition) is 1. The molecule has 0 aliphatic heterocycles. The van der Waals surface area contributed by atoms with Crippen LogP contribution in [0, 0.1) is 0 Å². The van der Waals surface area contributed by atoms with Crippen LogP contribution in [0.25, 0.3) is 12.2 Å². The molecular weight excluding hydrogens is 329 g/mol. The van der Waals surface area contributed by atoms with Crippen LogP contribution in [0.15, 0.2) is 65.8 Å². The quantitative estimate of drug-likeness (QED) is 0.370. The van der Waals surface area contributed by atoms with Gasteiger partial charge in [-0.25, -0.2) is 0 Å². The summed E-state index contributed by atoms with van der Waals surface area (Å²) in [5, 5.41) is 13.8. The molecule has 2 rings (SSSR count). The summed E-state index contributed by atoms with van der Waals surface area (Å²) in [6.45, 7) is 0. The lowest BCUT2D eigenvalue weighted by Crippen LogP contribution is -1.94. The third-order valence-electron chi connectivity index (χ3n) is 3.25. The highest BCUT2D eigenvalue weighted by Gasteiger charge is 1.98. The predicted octanol–water partition coefficient (Wildman–Crippen LogP) is 6.33. The molecule has 0 amide bonds. The highest BCUT2D eigenvalue weighted by Crippen LogP contribution is 2.18. The lowest BCUT2D eigenvalue weighted by atomic mass is 10.1. The second-order valence-electron chi connectivity index (χ2n) is 4.92. The number of nitrogens with zero attached hydrogens (tertiary/aromatic N) is 1. The van der Waals surface area contributed by atoms with Crippen molar-refractivity contribution >= 4 is 41.1 Å². The molecule has 2 aromatic rings. The van der Waals surface area contributed by atoms with Gasteiger partial charge in [-0.05, 0) is 23.3 Å². The summed E-state index contributed by atoms with van der Waals surface area (Å²) >= 11 is 12.2. The van der Waals surface area contributed by atoms with E-state index in [2.05, 4.69) is 5.16 Å². The second-order valence-corrected chi connectivity index (χ2v) is 5.74. The van der Waals surface area contributed by atoms with Gasteiger partial charge in [0.25, 0.3) is 0 Å². The average Bonchev–Trinajstić information content (AvgIpc) is 2.56. The highest BCUT2D eigenvalue weighted by atomic mass is 35.5. The molecule has 1 N–H and O–H groups in total. The maximum absolute atomic E-state index is 9.10. The van der Waals surface area contributed by atoms with Crippen LogP contribution >= 0.6 is 23.2 Å². The predicted molar refractivity (Wildman–Crippen MR) is 99.4 cm³/mol. The average molecular weight is 346 g/mol. The van der Waals surface area contributed by atoms with Crippen LogP contribution in [0.1, 0.15) is 24.0 Å². The zero-order chi connectivity index (χ0) is 16.5. The van der Waals surface area contributed by atoms with Crippen LogP contribution < -0.4 is 0 Å². The van der Waals surface area contributed by atoms with Crippen LogP contribution in [-0.4, -0.2) is 10.9 Å². The first-order chi connectivity index (χ1) is 11.2. The molecule has 118 valence electrons. The largest absolute Gasteiger partial charge is 0.411 e. The van der Waals surface area contributed by atoms with E-state index in [1.165, 1.54) is 0 Å². The fourth-order valence-corrected chi connectivity index (χ4v) is 2.43. The molecule has 0 radical (unpaired) electrons. The lowest BCUT2D eigenvalue weighted by Gasteiger charge is -1.99. The Morgan fingerprint density at radius 3 is 1.65 bits per heavy atom. The number of hydrogen-bond acceptors (Lipinski definition) is 2. The van der Waals surface area contributed by atoms with Gasteiger partial charge in [-0.2, -0.15) is 0 Å². The fourth-order valence-electron chi connectivity index (χ4n) is 2.03. The Hall–Kier alpha value is -2.03. The summed E-state index contributed by atoms with van der Waals surface area (Å²) in [7, 11) is 0. The van der Waals surface area contributed by atoms with E-state index in [1.54, 1.807) is 0 Å². The highest BCUT2D eigenvalue weighted by molar-refractivity contribution is 6.32. The van der Waals surface area contributed by atoms with Crippen LogP contribution in [-0.2, 0) is 0 Å². The summed E-state index contributed by atoms with van der Waals surface area (Å²) in [5.41, 5.74) is 2.55. The van der Waals surface area contributed by atoms with Gasteiger partial charge in [0.05, 0.1) is 5.71 Å². The first-order valence-electron chi connectivity index (χ1n) is 7.22. The molecule has 0 aliphatic carbocycles. The third-order valence-corrected chi connectivity index (χ3v) is 3.94. The van der Waals surface area contributed by atoms with Gasteiger partial charge in [-0.3, -0.25) is 0 Å². The summed E-state index contributed by atoms with van der Waals surface area (Å²) < 4.78 is 0. The molecule has 0 heterocycles. The topological polar surface area (TPSA) is 32.6 Å². The Labute approximate surface area is 146 Å². The van der Waals surface area contributed by atoms with Gasteiger partial charge in [-0.1, -0.05) is 89.1 Å². The number of allylic oxidation sites excluding steroid dienone is 2. The normalized spacial score (nSPS) is 11.2. The maximum Gasteiger partial charge on any atom is 0.0646 e. The zero-order valence-corrected chi connectivity index (χ0v) is 14.0. The SMILES string of the molecule is ON=C(CC=Cc1ccccc1Cl)CC=Cc1ccccc1Cl. The smallest absolute Gasteiger partial charge is 0.0646 e. The van der Waals surface area contributed by atoms with Crippen molar-refractivity contribution in [1.29, 1.82) is 0 Å². The van der Waals surface area contributed by atoms with E-state index >= 15 is 0 Å². The van der Waals surface area contributed by atoms with Crippen molar-refractivity contribution in [2.75, 3.05) is 0 Å². The molecule has 0 atom stereocenters. The first kappa shape index (κ1) is 17.3. The molecule has 0 spiro atoms. The summed E-state index contributed by atoms with van der Waals surface area (Å²) in [6.07, 6.45) is 8.80. The fraction of sp³-hybridized carbons (Fsp3) is 0.105. The van der Waals surface area contributed by atoms with E-state index < -0.39 is 0 Å². The minimum absolute atomic E-state index is 0.550. The molecule has 0 saturated carbocycles. The van der Waals surface area contributed by atoms with Gasteiger partial charge in [0.15, 0.2) is 0 Å². The standard InChI is InChI=1S/C19H17Cl2NO/c20-18-13-3-1-7-15(18)9-5-11-17(22-23)12-6-10-16-8-2-4-14-19(16)21/h1-10,13-14,23H,11-12H2. The van der Waals surface area contributed by atoms with E-state index in [9.17, 15) is 0 Å². The minimum atomic E-state index is 0.550. The number of oxime groups is 1. The maximum atomic E-state index is 9.10. The molecule has 2 aromatic carbocycles. The lowest BCUT2D eigenvalue weighted by molar-refractivity contribution is 0.317. The van der Waals surface area contributed by atoms with Crippen molar-refractivity contribution in [2.24, 2.45) is 5.16 Å². The van der Waals surface area contributed by atoms with Gasteiger partial charge in [0, 0.05) is 22.9 Å². The van der Waals surface area contributed by atoms with E-state index in [1.807, 2.05) is 72.8 Å².